The Hall–Kier alpha value is -1.09. The standard InChI is InChI=1S/C16H29N3/c1-7-15(17-8-2)16-10-9-14(11-18-16)19(6)13(5)12(3)4/h9-13,15,17H,7-8H2,1-6H3. The quantitative estimate of drug-likeness (QED) is 0.814. The smallest absolute Gasteiger partial charge is 0.0574 e. The highest BCUT2D eigenvalue weighted by molar-refractivity contribution is 5.45. The van der Waals surface area contributed by atoms with Crippen LogP contribution in [0.5, 0.6) is 0 Å². The van der Waals surface area contributed by atoms with E-state index >= 15 is 0 Å². The van der Waals surface area contributed by atoms with E-state index in [2.05, 4.69) is 69.0 Å². The van der Waals surface area contributed by atoms with Gasteiger partial charge in [-0.25, -0.2) is 0 Å². The van der Waals surface area contributed by atoms with E-state index in [4.69, 9.17) is 0 Å². The molecule has 0 spiro atoms. The number of pyridine rings is 1. The molecule has 108 valence electrons. The molecule has 1 rings (SSSR count). The van der Waals surface area contributed by atoms with Crippen molar-refractivity contribution in [3.63, 3.8) is 0 Å². The average molecular weight is 263 g/mol. The van der Waals surface area contributed by atoms with Gasteiger partial charge in [-0.05, 0) is 37.9 Å². The lowest BCUT2D eigenvalue weighted by Crippen LogP contribution is -2.33. The molecule has 0 aliphatic heterocycles. The van der Waals surface area contributed by atoms with Crippen LogP contribution in [0.2, 0.25) is 0 Å². The fourth-order valence-corrected chi connectivity index (χ4v) is 2.20. The minimum atomic E-state index is 0.367. The van der Waals surface area contributed by atoms with E-state index in [0.717, 1.165) is 18.7 Å². The van der Waals surface area contributed by atoms with E-state index in [1.54, 1.807) is 0 Å². The van der Waals surface area contributed by atoms with Crippen LogP contribution in [0, 0.1) is 5.92 Å². The molecule has 2 atom stereocenters. The van der Waals surface area contributed by atoms with Gasteiger partial charge < -0.3 is 10.2 Å². The lowest BCUT2D eigenvalue weighted by Gasteiger charge is -2.30. The van der Waals surface area contributed by atoms with Crippen molar-refractivity contribution in [2.24, 2.45) is 5.92 Å². The highest BCUT2D eigenvalue weighted by Gasteiger charge is 2.15. The van der Waals surface area contributed by atoms with Crippen molar-refractivity contribution in [3.05, 3.63) is 24.0 Å². The Morgan fingerprint density at radius 3 is 2.32 bits per heavy atom. The van der Waals surface area contributed by atoms with E-state index < -0.39 is 0 Å². The molecule has 19 heavy (non-hydrogen) atoms. The molecule has 1 aromatic heterocycles. The normalized spacial score (nSPS) is 14.5. The van der Waals surface area contributed by atoms with E-state index in [0.29, 0.717) is 18.0 Å². The Morgan fingerprint density at radius 1 is 1.21 bits per heavy atom. The fourth-order valence-electron chi connectivity index (χ4n) is 2.20. The number of anilines is 1. The van der Waals surface area contributed by atoms with Gasteiger partial charge in [0.15, 0.2) is 0 Å². The summed E-state index contributed by atoms with van der Waals surface area (Å²) in [5.74, 6) is 0.634. The van der Waals surface area contributed by atoms with Crippen LogP contribution >= 0.6 is 0 Å². The third kappa shape index (κ3) is 4.20. The number of aromatic nitrogens is 1. The van der Waals surface area contributed by atoms with Crippen molar-refractivity contribution < 1.29 is 0 Å². The van der Waals surface area contributed by atoms with Crippen molar-refractivity contribution in [3.8, 4) is 0 Å². The van der Waals surface area contributed by atoms with Gasteiger partial charge >= 0.3 is 0 Å². The van der Waals surface area contributed by atoms with Gasteiger partial charge in [-0.2, -0.15) is 0 Å². The molecule has 0 aromatic carbocycles. The maximum absolute atomic E-state index is 4.63. The van der Waals surface area contributed by atoms with Gasteiger partial charge in [0.05, 0.1) is 17.6 Å². The highest BCUT2D eigenvalue weighted by atomic mass is 15.1. The lowest BCUT2D eigenvalue weighted by molar-refractivity contribution is 0.504. The molecule has 0 bridgehead atoms. The Kier molecular flexibility index (Phi) is 6.29. The van der Waals surface area contributed by atoms with Crippen molar-refractivity contribution in [2.45, 2.75) is 53.1 Å². The number of nitrogens with zero attached hydrogens (tertiary/aromatic N) is 2. The Balaban J connectivity index is 2.80. The Labute approximate surface area is 118 Å². The summed E-state index contributed by atoms with van der Waals surface area (Å²) in [5, 5.41) is 3.46. The fraction of sp³-hybridized carbons (Fsp3) is 0.688. The van der Waals surface area contributed by atoms with E-state index in [-0.39, 0.29) is 0 Å². The second kappa shape index (κ2) is 7.49. The summed E-state index contributed by atoms with van der Waals surface area (Å²) in [4.78, 5) is 6.93. The molecule has 3 nitrogen and oxygen atoms in total. The Bertz CT molecular complexity index is 359. The van der Waals surface area contributed by atoms with Crippen LogP contribution in [0.25, 0.3) is 0 Å². The van der Waals surface area contributed by atoms with Gasteiger partial charge in [0, 0.05) is 19.1 Å². The molecule has 0 saturated carbocycles. The third-order valence-electron chi connectivity index (χ3n) is 3.97. The number of hydrogen-bond acceptors (Lipinski definition) is 3. The minimum absolute atomic E-state index is 0.367. The molecular formula is C16H29N3. The summed E-state index contributed by atoms with van der Waals surface area (Å²) in [6.45, 7) is 12.1. The van der Waals surface area contributed by atoms with Crippen LogP contribution in [0.1, 0.15) is 52.8 Å². The molecule has 0 saturated heterocycles. The maximum atomic E-state index is 4.63. The Morgan fingerprint density at radius 2 is 1.89 bits per heavy atom. The lowest BCUT2D eigenvalue weighted by atomic mass is 10.0. The first-order valence-corrected chi connectivity index (χ1v) is 7.43. The van der Waals surface area contributed by atoms with Gasteiger partial charge in [-0.1, -0.05) is 27.7 Å². The van der Waals surface area contributed by atoms with Crippen LogP contribution in [-0.2, 0) is 0 Å². The summed E-state index contributed by atoms with van der Waals surface area (Å²) >= 11 is 0. The zero-order valence-electron chi connectivity index (χ0n) is 13.3. The SMILES string of the molecule is CCNC(CC)c1ccc(N(C)C(C)C(C)C)cn1. The summed E-state index contributed by atoms with van der Waals surface area (Å²) in [5.41, 5.74) is 2.33. The van der Waals surface area contributed by atoms with Crippen LogP contribution in [0.4, 0.5) is 5.69 Å². The van der Waals surface area contributed by atoms with Crippen molar-refractivity contribution in [1.82, 2.24) is 10.3 Å². The molecular weight excluding hydrogens is 234 g/mol. The molecule has 0 amide bonds. The molecule has 0 radical (unpaired) electrons. The van der Waals surface area contributed by atoms with Crippen molar-refractivity contribution in [2.75, 3.05) is 18.5 Å². The van der Waals surface area contributed by atoms with Gasteiger partial charge in [0.25, 0.3) is 0 Å². The van der Waals surface area contributed by atoms with Gasteiger partial charge in [-0.15, -0.1) is 0 Å². The zero-order chi connectivity index (χ0) is 14.4. The summed E-state index contributed by atoms with van der Waals surface area (Å²) < 4.78 is 0. The van der Waals surface area contributed by atoms with Crippen molar-refractivity contribution >= 4 is 5.69 Å². The second-order valence-corrected chi connectivity index (χ2v) is 5.56. The van der Waals surface area contributed by atoms with E-state index in [1.165, 1.54) is 5.69 Å². The predicted molar refractivity (Wildman–Crippen MR) is 83.6 cm³/mol. The number of nitrogens with one attached hydrogen (secondary N) is 1. The molecule has 0 aliphatic rings. The van der Waals surface area contributed by atoms with Crippen molar-refractivity contribution in [1.29, 1.82) is 0 Å². The highest BCUT2D eigenvalue weighted by Crippen LogP contribution is 2.21. The second-order valence-electron chi connectivity index (χ2n) is 5.56. The van der Waals surface area contributed by atoms with E-state index in [9.17, 15) is 0 Å². The molecule has 0 aliphatic carbocycles. The third-order valence-corrected chi connectivity index (χ3v) is 3.97. The molecule has 1 heterocycles. The number of rotatable bonds is 7. The largest absolute Gasteiger partial charge is 0.370 e. The monoisotopic (exact) mass is 263 g/mol. The first-order chi connectivity index (χ1) is 9.01. The molecule has 3 heteroatoms. The van der Waals surface area contributed by atoms with E-state index in [1.807, 2.05) is 6.20 Å². The van der Waals surface area contributed by atoms with Gasteiger partial charge in [0.2, 0.25) is 0 Å². The predicted octanol–water partition coefficient (Wildman–Crippen LogP) is 3.62. The van der Waals surface area contributed by atoms with Crippen LogP contribution in [-0.4, -0.2) is 24.6 Å². The topological polar surface area (TPSA) is 28.2 Å². The first kappa shape index (κ1) is 16.0. The summed E-state index contributed by atoms with van der Waals surface area (Å²) in [7, 11) is 2.14. The average Bonchev–Trinajstić information content (AvgIpc) is 2.43. The summed E-state index contributed by atoms with van der Waals surface area (Å²) in [6, 6.07) is 5.21. The molecule has 2 unspecified atom stereocenters. The van der Waals surface area contributed by atoms with Crippen LogP contribution in [0.15, 0.2) is 18.3 Å². The number of hydrogen-bond donors (Lipinski definition) is 1. The minimum Gasteiger partial charge on any atom is -0.370 e. The van der Waals surface area contributed by atoms with Crippen LogP contribution in [0.3, 0.4) is 0 Å². The molecule has 1 N–H and O–H groups in total. The van der Waals surface area contributed by atoms with Gasteiger partial charge in [0.1, 0.15) is 0 Å². The zero-order valence-corrected chi connectivity index (χ0v) is 13.3. The van der Waals surface area contributed by atoms with Gasteiger partial charge in [-0.3, -0.25) is 4.98 Å². The molecule has 1 aromatic rings. The molecule has 0 fully saturated rings. The summed E-state index contributed by atoms with van der Waals surface area (Å²) in [6.07, 6.45) is 3.06. The maximum Gasteiger partial charge on any atom is 0.0574 e. The first-order valence-electron chi connectivity index (χ1n) is 7.43. The van der Waals surface area contributed by atoms with Crippen LogP contribution < -0.4 is 10.2 Å².